The van der Waals surface area contributed by atoms with Crippen LogP contribution in [0.2, 0.25) is 0 Å². The topological polar surface area (TPSA) is 119 Å². The van der Waals surface area contributed by atoms with Crippen LogP contribution in [0, 0.1) is 0 Å². The Morgan fingerprint density at radius 2 is 2.03 bits per heavy atom. The molecule has 0 unspecified atom stereocenters. The van der Waals surface area contributed by atoms with Gasteiger partial charge in [0.1, 0.15) is 23.1 Å². The zero-order valence-corrected chi connectivity index (χ0v) is 18.4. The maximum atomic E-state index is 13.7. The first-order chi connectivity index (χ1) is 16.7. The summed E-state index contributed by atoms with van der Waals surface area (Å²) in [6.07, 6.45) is 7.96. The summed E-state index contributed by atoms with van der Waals surface area (Å²) in [4.78, 5) is 27.5. The van der Waals surface area contributed by atoms with E-state index in [1.807, 2.05) is 25.2 Å². The van der Waals surface area contributed by atoms with E-state index in [1.165, 1.54) is 5.56 Å². The van der Waals surface area contributed by atoms with Crippen molar-refractivity contribution in [3.8, 4) is 11.6 Å². The number of benzene rings is 1. The number of nitrogens with one attached hydrogen (secondary N) is 1. The monoisotopic (exact) mass is 455 g/mol. The highest BCUT2D eigenvalue weighted by Crippen LogP contribution is 2.50. The lowest BCUT2D eigenvalue weighted by molar-refractivity contribution is 0.0631. The van der Waals surface area contributed by atoms with Crippen molar-refractivity contribution in [3.05, 3.63) is 71.7 Å². The molecule has 170 valence electrons. The number of aromatic amines is 1. The average molecular weight is 455 g/mol. The van der Waals surface area contributed by atoms with Crippen molar-refractivity contribution in [1.29, 1.82) is 0 Å². The molecule has 0 bridgehead atoms. The van der Waals surface area contributed by atoms with Gasteiger partial charge in [-0.3, -0.25) is 4.79 Å². The van der Waals surface area contributed by atoms with Crippen molar-refractivity contribution in [2.45, 2.75) is 31.2 Å². The van der Waals surface area contributed by atoms with Crippen LogP contribution in [0.5, 0.6) is 0 Å². The molecule has 10 heteroatoms. The maximum Gasteiger partial charge on any atom is 0.312 e. The van der Waals surface area contributed by atoms with Crippen molar-refractivity contribution in [2.75, 3.05) is 6.54 Å². The minimum atomic E-state index is -0.476. The molecule has 7 rings (SSSR count). The van der Waals surface area contributed by atoms with Gasteiger partial charge in [0.05, 0.1) is 18.3 Å². The summed E-state index contributed by atoms with van der Waals surface area (Å²) < 4.78 is 14.0. The van der Waals surface area contributed by atoms with E-state index in [0.29, 0.717) is 24.6 Å². The molecule has 0 radical (unpaired) electrons. The fraction of sp³-hybridized carbons (Fsp3) is 0.292. The quantitative estimate of drug-likeness (QED) is 0.440. The molecule has 34 heavy (non-hydrogen) atoms. The SMILES string of the molecule is Cn1cnc(-c2nnc(C(=O)N3CCc4[nH]cnc4[C@@H]3c3oc4ccccc4c3C3CC3)o2)c1. The lowest BCUT2D eigenvalue weighted by atomic mass is 9.95. The fourth-order valence-corrected chi connectivity index (χ4v) is 4.90. The summed E-state index contributed by atoms with van der Waals surface area (Å²) in [5.74, 6) is 0.985. The van der Waals surface area contributed by atoms with Gasteiger partial charge < -0.3 is 23.3 Å². The first kappa shape index (κ1) is 19.3. The number of nitrogens with zero attached hydrogens (tertiary/aromatic N) is 6. The molecule has 1 amide bonds. The smallest absolute Gasteiger partial charge is 0.312 e. The third kappa shape index (κ3) is 2.91. The van der Waals surface area contributed by atoms with Gasteiger partial charge in [0.15, 0.2) is 0 Å². The van der Waals surface area contributed by atoms with Gasteiger partial charge >= 0.3 is 11.8 Å². The van der Waals surface area contributed by atoms with E-state index in [1.54, 1.807) is 28.3 Å². The number of furan rings is 1. The fourth-order valence-electron chi connectivity index (χ4n) is 4.90. The van der Waals surface area contributed by atoms with Crippen LogP contribution in [0.4, 0.5) is 0 Å². The van der Waals surface area contributed by atoms with Gasteiger partial charge in [-0.2, -0.15) is 0 Å². The molecule has 1 saturated carbocycles. The standard InChI is InChI=1S/C24H21N7O3/c1-30-10-16(27-12-30)22-28-29-23(34-22)24(32)31-9-8-15-19(26-11-25-15)20(31)21-18(13-6-7-13)14-4-2-3-5-17(14)33-21/h2-5,10-13,20H,6-9H2,1H3,(H,25,26)/t20-/m1/s1. The number of aromatic nitrogens is 6. The molecule has 10 nitrogen and oxygen atoms in total. The number of aryl methyl sites for hydroxylation is 1. The minimum Gasteiger partial charge on any atom is -0.458 e. The van der Waals surface area contributed by atoms with E-state index in [-0.39, 0.29) is 17.7 Å². The number of hydrogen-bond donors (Lipinski definition) is 1. The van der Waals surface area contributed by atoms with Gasteiger partial charge in [0, 0.05) is 42.9 Å². The van der Waals surface area contributed by atoms with Crippen LogP contribution in [0.1, 0.15) is 58.2 Å². The molecular weight excluding hydrogens is 434 g/mol. The van der Waals surface area contributed by atoms with Crippen molar-refractivity contribution in [2.24, 2.45) is 7.05 Å². The van der Waals surface area contributed by atoms with E-state index < -0.39 is 6.04 Å². The van der Waals surface area contributed by atoms with Crippen LogP contribution >= 0.6 is 0 Å². The number of carbonyl (C=O) groups is 1. The summed E-state index contributed by atoms with van der Waals surface area (Å²) in [6.45, 7) is 0.473. The maximum absolute atomic E-state index is 13.7. The molecular formula is C24H21N7O3. The molecule has 0 spiro atoms. The predicted octanol–water partition coefficient (Wildman–Crippen LogP) is 3.60. The summed E-state index contributed by atoms with van der Waals surface area (Å²) in [7, 11) is 1.85. The number of carbonyl (C=O) groups excluding carboxylic acids is 1. The Morgan fingerprint density at radius 1 is 1.15 bits per heavy atom. The van der Waals surface area contributed by atoms with E-state index in [9.17, 15) is 4.79 Å². The van der Waals surface area contributed by atoms with E-state index >= 15 is 0 Å². The van der Waals surface area contributed by atoms with Crippen LogP contribution in [-0.4, -0.2) is 47.1 Å². The highest BCUT2D eigenvalue weighted by atomic mass is 16.4. The van der Waals surface area contributed by atoms with Gasteiger partial charge in [-0.1, -0.05) is 18.2 Å². The molecule has 0 saturated heterocycles. The molecule has 5 aromatic rings. The Hall–Kier alpha value is -4.21. The van der Waals surface area contributed by atoms with Gasteiger partial charge in [0.25, 0.3) is 5.89 Å². The summed E-state index contributed by atoms with van der Waals surface area (Å²) >= 11 is 0. The van der Waals surface area contributed by atoms with E-state index in [4.69, 9.17) is 8.83 Å². The van der Waals surface area contributed by atoms with Crippen molar-refractivity contribution in [3.63, 3.8) is 0 Å². The normalized spacial score (nSPS) is 17.9. The minimum absolute atomic E-state index is 0.0753. The number of imidazole rings is 2. The number of amides is 1. The van der Waals surface area contributed by atoms with Gasteiger partial charge in [-0.25, -0.2) is 9.97 Å². The number of rotatable bonds is 4. The lowest BCUT2D eigenvalue weighted by Gasteiger charge is -2.33. The molecule has 4 aromatic heterocycles. The van der Waals surface area contributed by atoms with E-state index in [0.717, 1.165) is 41.0 Å². The zero-order valence-electron chi connectivity index (χ0n) is 18.4. The highest BCUT2D eigenvalue weighted by Gasteiger charge is 2.42. The molecule has 5 heterocycles. The Balaban J connectivity index is 1.33. The van der Waals surface area contributed by atoms with Crippen LogP contribution in [0.15, 0.2) is 52.0 Å². The Bertz CT molecular complexity index is 1540. The van der Waals surface area contributed by atoms with Crippen molar-refractivity contribution in [1.82, 2.24) is 34.6 Å². The van der Waals surface area contributed by atoms with Crippen LogP contribution < -0.4 is 0 Å². The molecule has 1 fully saturated rings. The Morgan fingerprint density at radius 3 is 2.85 bits per heavy atom. The molecule has 2 aliphatic rings. The molecule has 1 N–H and O–H groups in total. The predicted molar refractivity (Wildman–Crippen MR) is 120 cm³/mol. The molecule has 1 aromatic carbocycles. The summed E-state index contributed by atoms with van der Waals surface area (Å²) in [5.41, 5.74) is 4.33. The second-order valence-corrected chi connectivity index (χ2v) is 8.90. The van der Waals surface area contributed by atoms with Crippen molar-refractivity contribution < 1.29 is 13.6 Å². The lowest BCUT2D eigenvalue weighted by Crippen LogP contribution is -2.41. The highest BCUT2D eigenvalue weighted by molar-refractivity contribution is 5.91. The zero-order chi connectivity index (χ0) is 22.8. The summed E-state index contributed by atoms with van der Waals surface area (Å²) in [5, 5.41) is 9.20. The second-order valence-electron chi connectivity index (χ2n) is 8.90. The molecule has 1 aliphatic carbocycles. The molecule has 1 aliphatic heterocycles. The van der Waals surface area contributed by atoms with Crippen LogP contribution in [0.25, 0.3) is 22.6 Å². The number of fused-ring (bicyclic) bond motifs is 2. The molecule has 1 atom stereocenters. The third-order valence-electron chi connectivity index (χ3n) is 6.61. The Labute approximate surface area is 193 Å². The summed E-state index contributed by atoms with van der Waals surface area (Å²) in [6, 6.07) is 7.58. The average Bonchev–Trinajstić information content (AvgIpc) is 3.26. The van der Waals surface area contributed by atoms with E-state index in [2.05, 4.69) is 31.2 Å². The van der Waals surface area contributed by atoms with Crippen LogP contribution in [-0.2, 0) is 13.5 Å². The number of hydrogen-bond acceptors (Lipinski definition) is 7. The van der Waals surface area contributed by atoms with Gasteiger partial charge in [-0.15, -0.1) is 10.2 Å². The van der Waals surface area contributed by atoms with Gasteiger partial charge in [-0.05, 0) is 24.8 Å². The Kier molecular flexibility index (Phi) is 4.05. The number of para-hydroxylation sites is 1. The van der Waals surface area contributed by atoms with Gasteiger partial charge in [0.2, 0.25) is 0 Å². The van der Waals surface area contributed by atoms with Crippen LogP contribution in [0.3, 0.4) is 0 Å². The third-order valence-corrected chi connectivity index (χ3v) is 6.61. The largest absolute Gasteiger partial charge is 0.458 e. The first-order valence-electron chi connectivity index (χ1n) is 11.3. The van der Waals surface area contributed by atoms with Crippen molar-refractivity contribution >= 4 is 16.9 Å². The second kappa shape index (κ2) is 7.14. The first-order valence-corrected chi connectivity index (χ1v) is 11.3. The number of H-pyrrole nitrogens is 1.